The molecule has 0 atom stereocenters. The van der Waals surface area contributed by atoms with E-state index in [1.54, 1.807) is 12.1 Å². The van der Waals surface area contributed by atoms with E-state index in [2.05, 4.69) is 0 Å². The first-order valence-electron chi connectivity index (χ1n) is 9.69. The van der Waals surface area contributed by atoms with Gasteiger partial charge in [-0.2, -0.15) is 0 Å². The number of aromatic hydroxyl groups is 1. The lowest BCUT2D eigenvalue weighted by Crippen LogP contribution is -2.24. The number of rotatable bonds is 2. The fourth-order valence-corrected chi connectivity index (χ4v) is 4.93. The zero-order chi connectivity index (χ0) is 22.1. The van der Waals surface area contributed by atoms with E-state index in [4.69, 9.17) is 4.42 Å². The highest BCUT2D eigenvalue weighted by atomic mass is 32.2. The van der Waals surface area contributed by atoms with Crippen molar-refractivity contribution in [3.05, 3.63) is 91.9 Å². The van der Waals surface area contributed by atoms with Gasteiger partial charge in [-0.1, -0.05) is 43.3 Å². The molecule has 1 N–H and O–H groups in total. The highest BCUT2D eigenvalue weighted by Crippen LogP contribution is 2.44. The van der Waals surface area contributed by atoms with Crippen molar-refractivity contribution >= 4 is 22.7 Å². The molecule has 0 spiro atoms. The third-order valence-corrected chi connectivity index (χ3v) is 6.84. The van der Waals surface area contributed by atoms with Gasteiger partial charge >= 0.3 is 5.63 Å². The van der Waals surface area contributed by atoms with Crippen LogP contribution in [0.1, 0.15) is 30.7 Å². The molecular formula is C24H18FNO4S. The molecule has 5 rings (SSSR count). The van der Waals surface area contributed by atoms with Crippen molar-refractivity contribution in [2.24, 2.45) is 0 Å². The molecule has 5 nitrogen and oxygen atoms in total. The topological polar surface area (TPSA) is 72.4 Å². The lowest BCUT2D eigenvalue weighted by atomic mass is 9.83. The van der Waals surface area contributed by atoms with Crippen molar-refractivity contribution in [1.82, 2.24) is 4.57 Å². The quantitative estimate of drug-likeness (QED) is 0.486. The van der Waals surface area contributed by atoms with E-state index < -0.39 is 28.2 Å². The molecule has 0 bridgehead atoms. The SMILES string of the molecule is Cc1ccc(Sc2c(O)c3c(=O)n4c(cc3oc2=O)C(C)(C)c2cc(F)ccc2-4)cc1. The Morgan fingerprint density at radius 3 is 2.48 bits per heavy atom. The van der Waals surface area contributed by atoms with E-state index in [1.165, 1.54) is 16.7 Å². The van der Waals surface area contributed by atoms with Gasteiger partial charge in [0.05, 0.1) is 5.69 Å². The maximum absolute atomic E-state index is 13.9. The number of benzene rings is 2. The Hall–Kier alpha value is -3.32. The Kier molecular flexibility index (Phi) is 4.17. The fourth-order valence-electron chi connectivity index (χ4n) is 4.10. The molecule has 0 amide bonds. The van der Waals surface area contributed by atoms with E-state index in [9.17, 15) is 19.1 Å². The van der Waals surface area contributed by atoms with Gasteiger partial charge in [0.25, 0.3) is 5.56 Å². The average molecular weight is 435 g/mol. The number of halogens is 1. The van der Waals surface area contributed by atoms with Crippen LogP contribution in [0.3, 0.4) is 0 Å². The van der Waals surface area contributed by atoms with Gasteiger partial charge in [0.2, 0.25) is 0 Å². The summed E-state index contributed by atoms with van der Waals surface area (Å²) >= 11 is 1.04. The summed E-state index contributed by atoms with van der Waals surface area (Å²) in [4.78, 5) is 26.8. The van der Waals surface area contributed by atoms with Crippen LogP contribution in [-0.2, 0) is 5.41 Å². The molecule has 0 saturated carbocycles. The van der Waals surface area contributed by atoms with Gasteiger partial charge in [0, 0.05) is 22.1 Å². The zero-order valence-corrected chi connectivity index (χ0v) is 17.8. The van der Waals surface area contributed by atoms with Crippen molar-refractivity contribution in [3.8, 4) is 11.4 Å². The van der Waals surface area contributed by atoms with Crippen LogP contribution in [0.5, 0.6) is 5.75 Å². The van der Waals surface area contributed by atoms with E-state index in [0.717, 1.165) is 22.2 Å². The Labute approximate surface area is 180 Å². The van der Waals surface area contributed by atoms with Crippen LogP contribution in [0.15, 0.2) is 72.3 Å². The Balaban J connectivity index is 1.79. The van der Waals surface area contributed by atoms with Crippen LogP contribution in [0.4, 0.5) is 4.39 Å². The number of hydrogen-bond acceptors (Lipinski definition) is 5. The molecule has 2 aromatic carbocycles. The van der Waals surface area contributed by atoms with Crippen LogP contribution >= 0.6 is 11.8 Å². The third kappa shape index (κ3) is 2.84. The Bertz CT molecular complexity index is 1500. The number of hydrogen-bond donors (Lipinski definition) is 1. The second-order valence-electron chi connectivity index (χ2n) is 8.18. The molecule has 0 fully saturated rings. The third-order valence-electron chi connectivity index (χ3n) is 5.77. The minimum atomic E-state index is -0.723. The van der Waals surface area contributed by atoms with Gasteiger partial charge in [-0.05, 0) is 42.8 Å². The summed E-state index contributed by atoms with van der Waals surface area (Å²) in [5.74, 6) is -0.811. The van der Waals surface area contributed by atoms with Crippen molar-refractivity contribution < 1.29 is 13.9 Å². The molecule has 7 heteroatoms. The lowest BCUT2D eigenvalue weighted by Gasteiger charge is -2.20. The summed E-state index contributed by atoms with van der Waals surface area (Å²) < 4.78 is 20.8. The monoisotopic (exact) mass is 435 g/mol. The number of fused-ring (bicyclic) bond motifs is 4. The summed E-state index contributed by atoms with van der Waals surface area (Å²) in [7, 11) is 0. The van der Waals surface area contributed by atoms with Crippen LogP contribution in [0.25, 0.3) is 16.7 Å². The van der Waals surface area contributed by atoms with Gasteiger partial charge in [0.15, 0.2) is 5.75 Å². The first kappa shape index (κ1) is 19.6. The molecule has 156 valence electrons. The van der Waals surface area contributed by atoms with Crippen molar-refractivity contribution in [1.29, 1.82) is 0 Å². The van der Waals surface area contributed by atoms with E-state index in [1.807, 2.05) is 45.0 Å². The predicted octanol–water partition coefficient (Wildman–Crippen LogP) is 4.89. The molecule has 0 unspecified atom stereocenters. The van der Waals surface area contributed by atoms with Gasteiger partial charge in [-0.3, -0.25) is 9.36 Å². The van der Waals surface area contributed by atoms with Crippen LogP contribution in [-0.4, -0.2) is 9.67 Å². The normalized spacial score (nSPS) is 13.9. The molecule has 0 aliphatic carbocycles. The standard InChI is InChI=1S/C24H18FNO4S/c1-12-4-7-14(8-5-12)31-21-20(27)19-17(30-23(21)29)11-18-24(2,3)15-10-13(25)6-9-16(15)26(18)22(19)28/h4-11,27H,1-3H3. The zero-order valence-electron chi connectivity index (χ0n) is 17.0. The number of aryl methyl sites for hydroxylation is 1. The number of nitrogens with zero attached hydrogens (tertiary/aromatic N) is 1. The van der Waals surface area contributed by atoms with Gasteiger partial charge in [-0.25, -0.2) is 9.18 Å². The number of pyridine rings is 1. The van der Waals surface area contributed by atoms with Gasteiger partial charge < -0.3 is 9.52 Å². The van der Waals surface area contributed by atoms with E-state index in [-0.39, 0.29) is 15.9 Å². The predicted molar refractivity (Wildman–Crippen MR) is 117 cm³/mol. The average Bonchev–Trinajstić information content (AvgIpc) is 2.93. The maximum atomic E-state index is 13.9. The molecule has 1 aliphatic heterocycles. The minimum absolute atomic E-state index is 0.00774. The molecule has 4 aromatic rings. The van der Waals surface area contributed by atoms with Crippen LogP contribution in [0.2, 0.25) is 0 Å². The Morgan fingerprint density at radius 1 is 1.06 bits per heavy atom. The molecule has 1 aliphatic rings. The summed E-state index contributed by atoms with van der Waals surface area (Å²) in [6, 6.07) is 13.3. The van der Waals surface area contributed by atoms with Crippen molar-refractivity contribution in [3.63, 3.8) is 0 Å². The highest BCUT2D eigenvalue weighted by molar-refractivity contribution is 7.99. The fraction of sp³-hybridized carbons (Fsp3) is 0.167. The van der Waals surface area contributed by atoms with Gasteiger partial charge in [0.1, 0.15) is 21.7 Å². The summed E-state index contributed by atoms with van der Waals surface area (Å²) in [5.41, 5.74) is 0.903. The van der Waals surface area contributed by atoms with Crippen molar-refractivity contribution in [2.75, 3.05) is 0 Å². The summed E-state index contributed by atoms with van der Waals surface area (Å²) in [6.45, 7) is 5.69. The first-order chi connectivity index (χ1) is 14.7. The van der Waals surface area contributed by atoms with Crippen LogP contribution < -0.4 is 11.2 Å². The minimum Gasteiger partial charge on any atom is -0.505 e. The highest BCUT2D eigenvalue weighted by Gasteiger charge is 2.38. The smallest absolute Gasteiger partial charge is 0.354 e. The molecule has 3 heterocycles. The molecule has 2 aromatic heterocycles. The first-order valence-corrected chi connectivity index (χ1v) is 10.5. The molecule has 31 heavy (non-hydrogen) atoms. The molecule has 0 radical (unpaired) electrons. The summed E-state index contributed by atoms with van der Waals surface area (Å²) in [5, 5.41) is 10.8. The largest absolute Gasteiger partial charge is 0.505 e. The van der Waals surface area contributed by atoms with E-state index in [0.29, 0.717) is 16.9 Å². The van der Waals surface area contributed by atoms with Crippen LogP contribution in [0, 0.1) is 12.7 Å². The summed E-state index contributed by atoms with van der Waals surface area (Å²) in [6.07, 6.45) is 0. The lowest BCUT2D eigenvalue weighted by molar-refractivity contribution is 0.445. The van der Waals surface area contributed by atoms with E-state index >= 15 is 0 Å². The second kappa shape index (κ2) is 6.59. The number of aromatic nitrogens is 1. The Morgan fingerprint density at radius 2 is 1.77 bits per heavy atom. The van der Waals surface area contributed by atoms with Gasteiger partial charge in [-0.15, -0.1) is 0 Å². The molecular weight excluding hydrogens is 417 g/mol. The van der Waals surface area contributed by atoms with Crippen molar-refractivity contribution in [2.45, 2.75) is 36.0 Å². The maximum Gasteiger partial charge on any atom is 0.354 e. The molecule has 0 saturated heterocycles. The second-order valence-corrected chi connectivity index (χ2v) is 9.26.